The zero-order chi connectivity index (χ0) is 28.8. The van der Waals surface area contributed by atoms with Crippen LogP contribution in [0.4, 0.5) is 36.4 Å². The Kier molecular flexibility index (Phi) is 7.24. The third kappa shape index (κ3) is 5.10. The number of carbonyl (C=O) groups is 2. The molecule has 0 unspecified atom stereocenters. The van der Waals surface area contributed by atoms with Crippen molar-refractivity contribution in [2.45, 2.75) is 31.5 Å². The fourth-order valence-electron chi connectivity index (χ4n) is 4.30. The maximum absolute atomic E-state index is 15.0. The quantitative estimate of drug-likeness (QED) is 0.189. The van der Waals surface area contributed by atoms with E-state index in [4.69, 9.17) is 11.6 Å². The second-order valence-corrected chi connectivity index (χ2v) is 9.23. The summed E-state index contributed by atoms with van der Waals surface area (Å²) in [5.74, 6) is -0.551. The number of halogens is 8. The van der Waals surface area contributed by atoms with Gasteiger partial charge in [0.2, 0.25) is 0 Å². The average molecular weight is 571 g/mol. The number of aldehydes is 1. The van der Waals surface area contributed by atoms with Gasteiger partial charge in [-0.25, -0.2) is 4.39 Å². The van der Waals surface area contributed by atoms with Crippen molar-refractivity contribution in [2.75, 3.05) is 5.32 Å². The van der Waals surface area contributed by atoms with Crippen molar-refractivity contribution in [3.63, 3.8) is 0 Å². The van der Waals surface area contributed by atoms with E-state index in [1.165, 1.54) is 36.4 Å². The van der Waals surface area contributed by atoms with Gasteiger partial charge in [0.05, 0.1) is 5.56 Å². The Morgan fingerprint density at radius 1 is 0.949 bits per heavy atom. The molecule has 0 aliphatic rings. The molecule has 0 fully saturated rings. The molecule has 1 aromatic heterocycles. The Morgan fingerprint density at radius 2 is 1.62 bits per heavy atom. The number of hydrogen-bond acceptors (Lipinski definition) is 2. The van der Waals surface area contributed by atoms with Crippen molar-refractivity contribution in [2.24, 2.45) is 0 Å². The third-order valence-corrected chi connectivity index (χ3v) is 6.45. The summed E-state index contributed by atoms with van der Waals surface area (Å²) in [5.41, 5.74) is -5.68. The number of anilines is 1. The number of hydrogen-bond donors (Lipinski definition) is 1. The minimum absolute atomic E-state index is 0.0922. The van der Waals surface area contributed by atoms with E-state index >= 15 is 4.39 Å². The first-order valence-corrected chi connectivity index (χ1v) is 11.6. The number of benzene rings is 3. The molecule has 0 radical (unpaired) electrons. The largest absolute Gasteiger partial charge is 0.436 e. The van der Waals surface area contributed by atoms with Gasteiger partial charge in [-0.3, -0.25) is 9.59 Å². The van der Waals surface area contributed by atoms with Crippen molar-refractivity contribution in [1.82, 2.24) is 4.57 Å². The van der Waals surface area contributed by atoms with E-state index < -0.39 is 34.9 Å². The van der Waals surface area contributed by atoms with Gasteiger partial charge < -0.3 is 9.88 Å². The molecule has 4 rings (SSSR count). The summed E-state index contributed by atoms with van der Waals surface area (Å²) in [4.78, 5) is 23.9. The lowest BCUT2D eigenvalue weighted by Crippen LogP contribution is -2.50. The number of rotatable bonds is 6. The molecule has 1 amide bonds. The summed E-state index contributed by atoms with van der Waals surface area (Å²) in [7, 11) is 0. The van der Waals surface area contributed by atoms with E-state index in [9.17, 15) is 35.9 Å². The van der Waals surface area contributed by atoms with Gasteiger partial charge in [0.25, 0.3) is 5.91 Å². The van der Waals surface area contributed by atoms with Crippen LogP contribution in [0.1, 0.15) is 37.4 Å². The summed E-state index contributed by atoms with van der Waals surface area (Å²) in [5, 5.41) is 1.87. The number of amides is 1. The van der Waals surface area contributed by atoms with Crippen LogP contribution in [0.15, 0.2) is 66.9 Å². The van der Waals surface area contributed by atoms with E-state index in [2.05, 4.69) is 5.32 Å². The molecule has 0 saturated carbocycles. The van der Waals surface area contributed by atoms with Crippen molar-refractivity contribution < 1.29 is 40.3 Å². The number of alkyl halides is 7. The van der Waals surface area contributed by atoms with E-state index in [-0.39, 0.29) is 28.2 Å². The molecular formula is C27H18ClF7N2O2. The number of nitrogens with one attached hydrogen (secondary N) is 1. The van der Waals surface area contributed by atoms with Gasteiger partial charge in [-0.05, 0) is 48.4 Å². The molecule has 0 saturated heterocycles. The number of nitrogens with zero attached hydrogens (tertiary/aromatic N) is 1. The molecule has 4 aromatic rings. The van der Waals surface area contributed by atoms with Gasteiger partial charge in [-0.15, -0.1) is 0 Å². The normalized spacial score (nSPS) is 12.5. The molecule has 0 aliphatic carbocycles. The van der Waals surface area contributed by atoms with Gasteiger partial charge in [0, 0.05) is 45.5 Å². The fraction of sp³-hybridized carbons (Fsp3) is 0.185. The van der Waals surface area contributed by atoms with Crippen molar-refractivity contribution in [3.8, 4) is 0 Å². The molecule has 12 heteroatoms. The Balaban J connectivity index is 1.71. The molecule has 1 N–H and O–H groups in total. The SMILES string of the molecule is Cc1cc(Cn2cc(C(F)(C(F)(F)F)C(F)(F)F)c3cc(Cl)ccc32)ccc1NC(=O)c1ccccc1C=O. The highest BCUT2D eigenvalue weighted by atomic mass is 35.5. The van der Waals surface area contributed by atoms with E-state index in [1.54, 1.807) is 25.1 Å². The van der Waals surface area contributed by atoms with E-state index in [0.717, 1.165) is 10.6 Å². The van der Waals surface area contributed by atoms with Gasteiger partial charge in [0.1, 0.15) is 0 Å². The fourth-order valence-corrected chi connectivity index (χ4v) is 4.47. The highest BCUT2D eigenvalue weighted by Crippen LogP contribution is 2.55. The summed E-state index contributed by atoms with van der Waals surface area (Å²) >= 11 is 5.83. The third-order valence-electron chi connectivity index (χ3n) is 6.22. The van der Waals surface area contributed by atoms with Crippen LogP contribution in [0.5, 0.6) is 0 Å². The molecule has 39 heavy (non-hydrogen) atoms. The number of carbonyl (C=O) groups excluding carboxylic acids is 2. The lowest BCUT2D eigenvalue weighted by atomic mass is 9.94. The first-order valence-electron chi connectivity index (χ1n) is 11.2. The van der Waals surface area contributed by atoms with Crippen LogP contribution in [0.25, 0.3) is 10.9 Å². The van der Waals surface area contributed by atoms with Crippen LogP contribution in [-0.4, -0.2) is 29.1 Å². The van der Waals surface area contributed by atoms with Crippen LogP contribution in [0, 0.1) is 6.92 Å². The van der Waals surface area contributed by atoms with E-state index in [1.807, 2.05) is 0 Å². The summed E-state index contributed by atoms with van der Waals surface area (Å²) in [6.07, 6.45) is -11.5. The van der Waals surface area contributed by atoms with Crippen LogP contribution < -0.4 is 5.32 Å². The highest BCUT2D eigenvalue weighted by Gasteiger charge is 2.74. The summed E-state index contributed by atoms with van der Waals surface area (Å²) in [6.45, 7) is 1.41. The Hall–Kier alpha value is -3.86. The van der Waals surface area contributed by atoms with Crippen molar-refractivity contribution in [1.29, 1.82) is 0 Å². The zero-order valence-corrected chi connectivity index (χ0v) is 20.7. The van der Waals surface area contributed by atoms with Gasteiger partial charge >= 0.3 is 18.0 Å². The smallest absolute Gasteiger partial charge is 0.343 e. The maximum atomic E-state index is 15.0. The first-order chi connectivity index (χ1) is 18.2. The lowest BCUT2D eigenvalue weighted by Gasteiger charge is -2.29. The summed E-state index contributed by atoms with van der Waals surface area (Å²) in [6, 6.07) is 14.0. The molecule has 4 nitrogen and oxygen atoms in total. The second kappa shape index (κ2) is 10.0. The average Bonchev–Trinajstić information content (AvgIpc) is 3.20. The molecular weight excluding hydrogens is 553 g/mol. The topological polar surface area (TPSA) is 51.1 Å². The molecule has 0 atom stereocenters. The first kappa shape index (κ1) is 28.2. The lowest BCUT2D eigenvalue weighted by molar-refractivity contribution is -0.348. The maximum Gasteiger partial charge on any atom is 0.436 e. The zero-order valence-electron chi connectivity index (χ0n) is 19.9. The molecule has 0 bridgehead atoms. The Bertz CT molecular complexity index is 1560. The molecule has 0 aliphatic heterocycles. The molecule has 3 aromatic carbocycles. The van der Waals surface area contributed by atoms with Crippen molar-refractivity contribution in [3.05, 3.63) is 99.7 Å². The monoisotopic (exact) mass is 570 g/mol. The Labute approximate surface area is 222 Å². The Morgan fingerprint density at radius 3 is 2.23 bits per heavy atom. The predicted octanol–water partition coefficient (Wildman–Crippen LogP) is 8.01. The number of aryl methyl sites for hydroxylation is 1. The minimum atomic E-state index is -6.29. The number of fused-ring (bicyclic) bond motifs is 1. The van der Waals surface area contributed by atoms with Crippen LogP contribution in [-0.2, 0) is 12.2 Å². The van der Waals surface area contributed by atoms with Crippen molar-refractivity contribution >= 4 is 40.4 Å². The molecule has 0 spiro atoms. The van der Waals surface area contributed by atoms with Crippen LogP contribution in [0.2, 0.25) is 5.02 Å². The van der Waals surface area contributed by atoms with Crippen LogP contribution >= 0.6 is 11.6 Å². The van der Waals surface area contributed by atoms with E-state index in [0.29, 0.717) is 29.3 Å². The van der Waals surface area contributed by atoms with Gasteiger partial charge in [-0.1, -0.05) is 41.9 Å². The van der Waals surface area contributed by atoms with Crippen LogP contribution in [0.3, 0.4) is 0 Å². The second-order valence-electron chi connectivity index (χ2n) is 8.79. The standard InChI is InChI=1S/C27H18ClF7N2O2/c1-15-10-16(6-8-22(15)36-24(39)19-5-3-2-4-17(19)14-38)12-37-13-21(20-11-18(28)7-9-23(20)37)25(29,26(30,31)32)27(33,34)35/h2-11,13-14H,12H2,1H3,(H,36,39). The molecule has 1 heterocycles. The van der Waals surface area contributed by atoms with Gasteiger partial charge in [0.15, 0.2) is 6.29 Å². The summed E-state index contributed by atoms with van der Waals surface area (Å²) < 4.78 is 97.3. The molecule has 204 valence electrons. The predicted molar refractivity (Wildman–Crippen MR) is 132 cm³/mol. The minimum Gasteiger partial charge on any atom is -0.343 e. The van der Waals surface area contributed by atoms with Gasteiger partial charge in [-0.2, -0.15) is 26.3 Å². The number of aromatic nitrogens is 1. The highest BCUT2D eigenvalue weighted by molar-refractivity contribution is 6.31.